The number of alkyl halides is 1. The van der Waals surface area contributed by atoms with E-state index in [-0.39, 0.29) is 29.5 Å². The fourth-order valence-corrected chi connectivity index (χ4v) is 7.26. The first kappa shape index (κ1) is 19.0. The SMILES string of the molecule is C[C@@H]1C[C@H]2[C@@H]3C[C@H](F)C4=CC(=O)C=C[C@]4(C)[C@H]3CC[C@]2(C)[C@@]1(O)C(=O)CO. The summed E-state index contributed by atoms with van der Waals surface area (Å²) in [5.41, 5.74) is -2.10. The molecule has 0 aromatic rings. The van der Waals surface area contributed by atoms with Gasteiger partial charge in [0.15, 0.2) is 11.6 Å². The van der Waals surface area contributed by atoms with Gasteiger partial charge in [-0.1, -0.05) is 26.8 Å². The summed E-state index contributed by atoms with van der Waals surface area (Å²) < 4.78 is 15.2. The van der Waals surface area contributed by atoms with Crippen LogP contribution in [-0.2, 0) is 9.59 Å². The van der Waals surface area contributed by atoms with E-state index in [0.29, 0.717) is 24.8 Å². The summed E-state index contributed by atoms with van der Waals surface area (Å²) in [7, 11) is 0. The minimum absolute atomic E-state index is 0.0226. The van der Waals surface area contributed by atoms with E-state index in [9.17, 15) is 19.8 Å². The van der Waals surface area contributed by atoms with Gasteiger partial charge >= 0.3 is 0 Å². The van der Waals surface area contributed by atoms with Gasteiger partial charge in [0.25, 0.3) is 0 Å². The molecular weight excluding hydrogens is 347 g/mol. The predicted molar refractivity (Wildman–Crippen MR) is 98.5 cm³/mol. The number of hydrogen-bond donors (Lipinski definition) is 2. The molecule has 4 aliphatic rings. The van der Waals surface area contributed by atoms with Crippen LogP contribution in [0.25, 0.3) is 0 Å². The number of carbonyl (C=O) groups is 2. The maximum absolute atomic E-state index is 15.2. The first-order valence-corrected chi connectivity index (χ1v) is 10.1. The minimum atomic E-state index is -1.56. The Bertz CT molecular complexity index is 757. The van der Waals surface area contributed by atoms with E-state index in [2.05, 4.69) is 0 Å². The summed E-state index contributed by atoms with van der Waals surface area (Å²) in [5.74, 6) is -0.673. The molecule has 0 bridgehead atoms. The Morgan fingerprint density at radius 3 is 2.67 bits per heavy atom. The highest BCUT2D eigenvalue weighted by molar-refractivity contribution is 6.01. The van der Waals surface area contributed by atoms with Gasteiger partial charge in [0.2, 0.25) is 0 Å². The molecule has 0 aromatic heterocycles. The first-order valence-electron chi connectivity index (χ1n) is 10.1. The van der Waals surface area contributed by atoms with E-state index < -0.39 is 35.0 Å². The van der Waals surface area contributed by atoms with Crippen LogP contribution in [-0.4, -0.2) is 40.2 Å². The number of rotatable bonds is 2. The standard InChI is InChI=1S/C22H29FO4/c1-12-8-16-14-10-18(23)17-9-13(25)4-6-20(17,2)15(14)5-7-21(16,3)22(12,27)19(26)11-24/h4,6,9,12,14-16,18,24,27H,5,7-8,10-11H2,1-3H3/t12-,14-,15+,16+,18+,20-,21+,22+/m1/s1. The fraction of sp³-hybridized carbons (Fsp3) is 0.727. The van der Waals surface area contributed by atoms with Crippen molar-refractivity contribution in [3.05, 3.63) is 23.8 Å². The van der Waals surface area contributed by atoms with Crippen molar-refractivity contribution < 1.29 is 24.2 Å². The van der Waals surface area contributed by atoms with Crippen molar-refractivity contribution in [2.45, 2.75) is 58.2 Å². The lowest BCUT2D eigenvalue weighted by atomic mass is 9.46. The second-order valence-electron chi connectivity index (χ2n) is 9.64. The van der Waals surface area contributed by atoms with Gasteiger partial charge < -0.3 is 10.2 Å². The number of hydrogen-bond acceptors (Lipinski definition) is 4. The average Bonchev–Trinajstić information content (AvgIpc) is 2.84. The van der Waals surface area contributed by atoms with Crippen molar-refractivity contribution in [3.8, 4) is 0 Å². The lowest BCUT2D eigenvalue weighted by molar-refractivity contribution is -0.170. The highest BCUT2D eigenvalue weighted by Crippen LogP contribution is 2.68. The average molecular weight is 376 g/mol. The van der Waals surface area contributed by atoms with Gasteiger partial charge in [-0.15, -0.1) is 0 Å². The third-order valence-corrected chi connectivity index (χ3v) is 8.69. The Morgan fingerprint density at radius 2 is 2.00 bits per heavy atom. The third-order valence-electron chi connectivity index (χ3n) is 8.69. The molecule has 3 saturated carbocycles. The molecule has 4 rings (SSSR count). The molecule has 0 amide bonds. The molecule has 0 aliphatic heterocycles. The molecule has 148 valence electrons. The van der Waals surface area contributed by atoms with Gasteiger partial charge in [0.1, 0.15) is 18.4 Å². The van der Waals surface area contributed by atoms with Crippen molar-refractivity contribution in [2.24, 2.45) is 34.5 Å². The fourth-order valence-electron chi connectivity index (χ4n) is 7.26. The number of aliphatic hydroxyl groups excluding tert-OH is 1. The molecule has 0 heterocycles. The Hall–Kier alpha value is -1.33. The van der Waals surface area contributed by atoms with Gasteiger partial charge in [-0.25, -0.2) is 4.39 Å². The summed E-state index contributed by atoms with van der Waals surface area (Å²) in [6.45, 7) is 5.18. The molecule has 5 heteroatoms. The van der Waals surface area contributed by atoms with Crippen molar-refractivity contribution in [3.63, 3.8) is 0 Å². The monoisotopic (exact) mass is 376 g/mol. The lowest BCUT2D eigenvalue weighted by Crippen LogP contribution is -2.60. The van der Waals surface area contributed by atoms with Gasteiger partial charge in [-0.3, -0.25) is 9.59 Å². The number of ketones is 2. The van der Waals surface area contributed by atoms with E-state index in [4.69, 9.17) is 0 Å². The zero-order valence-electron chi connectivity index (χ0n) is 16.2. The minimum Gasteiger partial charge on any atom is -0.388 e. The van der Waals surface area contributed by atoms with Crippen LogP contribution in [0.2, 0.25) is 0 Å². The molecule has 3 fully saturated rings. The number of allylic oxidation sites excluding steroid dienone is 4. The molecule has 0 saturated heterocycles. The smallest absolute Gasteiger partial charge is 0.190 e. The summed E-state index contributed by atoms with van der Waals surface area (Å²) in [6.07, 6.45) is 6.14. The molecule has 4 nitrogen and oxygen atoms in total. The highest BCUT2D eigenvalue weighted by atomic mass is 19.1. The maximum atomic E-state index is 15.2. The first-order chi connectivity index (χ1) is 12.6. The molecule has 8 atom stereocenters. The lowest BCUT2D eigenvalue weighted by Gasteiger charge is -2.58. The molecule has 0 spiro atoms. The molecule has 27 heavy (non-hydrogen) atoms. The van der Waals surface area contributed by atoms with Crippen molar-refractivity contribution in [1.29, 1.82) is 0 Å². The summed E-state index contributed by atoms with van der Waals surface area (Å²) in [6, 6.07) is 0. The largest absolute Gasteiger partial charge is 0.388 e. The summed E-state index contributed by atoms with van der Waals surface area (Å²) in [5, 5.41) is 20.9. The maximum Gasteiger partial charge on any atom is 0.190 e. The molecule has 0 unspecified atom stereocenters. The van der Waals surface area contributed by atoms with Crippen LogP contribution in [0.3, 0.4) is 0 Å². The van der Waals surface area contributed by atoms with Crippen LogP contribution in [0.5, 0.6) is 0 Å². The molecule has 4 aliphatic carbocycles. The van der Waals surface area contributed by atoms with Crippen LogP contribution in [0.1, 0.15) is 46.5 Å². The van der Waals surface area contributed by atoms with Crippen LogP contribution in [0, 0.1) is 34.5 Å². The Labute approximate surface area is 159 Å². The van der Waals surface area contributed by atoms with Gasteiger partial charge in [-0.2, -0.15) is 0 Å². The molecule has 2 N–H and O–H groups in total. The number of Topliss-reactive ketones (excluding diaryl/α,β-unsaturated/α-hetero) is 1. The highest BCUT2D eigenvalue weighted by Gasteiger charge is 2.69. The van der Waals surface area contributed by atoms with Gasteiger partial charge in [-0.05, 0) is 67.1 Å². The second kappa shape index (κ2) is 5.84. The number of aliphatic hydroxyl groups is 2. The zero-order chi connectivity index (χ0) is 19.8. The van der Waals surface area contributed by atoms with Crippen LogP contribution in [0.15, 0.2) is 23.8 Å². The topological polar surface area (TPSA) is 74.6 Å². The Balaban J connectivity index is 1.76. The van der Waals surface area contributed by atoms with E-state index in [1.165, 1.54) is 6.08 Å². The number of fused-ring (bicyclic) bond motifs is 5. The van der Waals surface area contributed by atoms with E-state index in [1.54, 1.807) is 6.08 Å². The number of carbonyl (C=O) groups excluding carboxylic acids is 2. The van der Waals surface area contributed by atoms with Gasteiger partial charge in [0, 0.05) is 10.8 Å². The quantitative estimate of drug-likeness (QED) is 0.777. The van der Waals surface area contributed by atoms with Crippen molar-refractivity contribution in [1.82, 2.24) is 0 Å². The third kappa shape index (κ3) is 2.21. The normalized spacial score (nSPS) is 51.3. The van der Waals surface area contributed by atoms with Crippen LogP contribution in [0.4, 0.5) is 4.39 Å². The van der Waals surface area contributed by atoms with Crippen LogP contribution >= 0.6 is 0 Å². The van der Waals surface area contributed by atoms with E-state index in [1.807, 2.05) is 26.8 Å². The molecule has 0 radical (unpaired) electrons. The zero-order valence-corrected chi connectivity index (χ0v) is 16.2. The van der Waals surface area contributed by atoms with E-state index in [0.717, 1.165) is 6.42 Å². The van der Waals surface area contributed by atoms with Crippen molar-refractivity contribution in [2.75, 3.05) is 6.61 Å². The Morgan fingerprint density at radius 1 is 1.30 bits per heavy atom. The van der Waals surface area contributed by atoms with Crippen molar-refractivity contribution >= 4 is 11.6 Å². The number of halogens is 1. The Kier molecular flexibility index (Phi) is 4.11. The molecular formula is C22H29FO4. The summed E-state index contributed by atoms with van der Waals surface area (Å²) >= 11 is 0. The molecule has 0 aromatic carbocycles. The summed E-state index contributed by atoms with van der Waals surface area (Å²) in [4.78, 5) is 24.3. The van der Waals surface area contributed by atoms with Crippen LogP contribution < -0.4 is 0 Å². The van der Waals surface area contributed by atoms with E-state index >= 15 is 4.39 Å². The second-order valence-corrected chi connectivity index (χ2v) is 9.64. The predicted octanol–water partition coefficient (Wildman–Crippen LogP) is 2.78. The van der Waals surface area contributed by atoms with Gasteiger partial charge in [0.05, 0.1) is 0 Å².